The lowest BCUT2D eigenvalue weighted by molar-refractivity contribution is 0.269. The molecule has 0 aliphatic rings. The summed E-state index contributed by atoms with van der Waals surface area (Å²) in [6.45, 7) is 7.89. The molecule has 4 heterocycles. The van der Waals surface area contributed by atoms with Crippen molar-refractivity contribution in [1.82, 2.24) is 28.9 Å². The Hall–Kier alpha value is -3.66. The first-order chi connectivity index (χ1) is 15.8. The van der Waals surface area contributed by atoms with Gasteiger partial charge in [-0.05, 0) is 31.9 Å². The zero-order valence-electron chi connectivity index (χ0n) is 19.0. The average Bonchev–Trinajstić information content (AvgIpc) is 3.42. The van der Waals surface area contributed by atoms with Crippen LogP contribution >= 0.6 is 0 Å². The summed E-state index contributed by atoms with van der Waals surface area (Å²) >= 11 is 0. The number of hydrogen-bond donors (Lipinski definition) is 1. The number of fused-ring (bicyclic) bond motifs is 1. The van der Waals surface area contributed by atoms with Gasteiger partial charge in [0.05, 0.1) is 31.1 Å². The summed E-state index contributed by atoms with van der Waals surface area (Å²) < 4.78 is 19.5. The minimum Gasteiger partial charge on any atom is -0.394 e. The van der Waals surface area contributed by atoms with E-state index in [0.717, 1.165) is 0 Å². The maximum atomic E-state index is 14.8. The van der Waals surface area contributed by atoms with E-state index in [9.17, 15) is 9.18 Å². The molecule has 4 rings (SSSR count). The maximum Gasteiger partial charge on any atom is 0.256 e. The molecule has 0 fully saturated rings. The third-order valence-corrected chi connectivity index (χ3v) is 5.42. The average molecular weight is 452 g/mol. The van der Waals surface area contributed by atoms with Crippen LogP contribution in [0.2, 0.25) is 0 Å². The zero-order valence-corrected chi connectivity index (χ0v) is 19.0. The number of aliphatic imine (C=N–C) groups is 1. The molecule has 0 aliphatic heterocycles. The summed E-state index contributed by atoms with van der Waals surface area (Å²) in [5, 5.41) is 21.5. The molecule has 9 nitrogen and oxygen atoms in total. The Labute approximate surface area is 189 Å². The molecule has 0 saturated heterocycles. The van der Waals surface area contributed by atoms with Gasteiger partial charge < -0.3 is 9.67 Å². The van der Waals surface area contributed by atoms with Crippen molar-refractivity contribution < 1.29 is 9.50 Å². The lowest BCUT2D eigenvalue weighted by Gasteiger charge is -2.15. The lowest BCUT2D eigenvalue weighted by atomic mass is 10.1. The SMILES string of the molecule is Cc1c(/N=C\C(C)C)ccn([C@H](C)c2nnc3c(F)cc(-c4cnn(CCO)c4)cn23)c1=O. The van der Waals surface area contributed by atoms with Gasteiger partial charge in [-0.2, -0.15) is 5.10 Å². The summed E-state index contributed by atoms with van der Waals surface area (Å²) in [7, 11) is 0. The number of nitrogens with zero attached hydrogens (tertiary/aromatic N) is 7. The van der Waals surface area contributed by atoms with Crippen molar-refractivity contribution in [3.05, 3.63) is 64.5 Å². The lowest BCUT2D eigenvalue weighted by Crippen LogP contribution is -2.26. The van der Waals surface area contributed by atoms with Crippen molar-refractivity contribution in [2.45, 2.75) is 40.3 Å². The van der Waals surface area contributed by atoms with Crippen LogP contribution in [0.25, 0.3) is 16.8 Å². The van der Waals surface area contributed by atoms with Crippen LogP contribution in [0.5, 0.6) is 0 Å². The highest BCUT2D eigenvalue weighted by Gasteiger charge is 2.20. The Kier molecular flexibility index (Phi) is 6.19. The van der Waals surface area contributed by atoms with Gasteiger partial charge in [0, 0.05) is 41.5 Å². The highest BCUT2D eigenvalue weighted by molar-refractivity contribution is 5.66. The van der Waals surface area contributed by atoms with Crippen LogP contribution in [0, 0.1) is 18.7 Å². The Morgan fingerprint density at radius 2 is 2.00 bits per heavy atom. The third kappa shape index (κ3) is 4.34. The van der Waals surface area contributed by atoms with E-state index < -0.39 is 11.9 Å². The molecule has 1 atom stereocenters. The van der Waals surface area contributed by atoms with E-state index in [1.165, 1.54) is 6.07 Å². The number of rotatable bonds is 7. The summed E-state index contributed by atoms with van der Waals surface area (Å²) in [5.41, 5.74) is 2.30. The molecule has 172 valence electrons. The van der Waals surface area contributed by atoms with Crippen LogP contribution in [-0.2, 0) is 6.54 Å². The molecule has 4 aromatic rings. The summed E-state index contributed by atoms with van der Waals surface area (Å²) in [4.78, 5) is 17.5. The van der Waals surface area contributed by atoms with Gasteiger partial charge in [0.25, 0.3) is 5.56 Å². The molecule has 1 N–H and O–H groups in total. The number of aromatic nitrogens is 6. The Balaban J connectivity index is 1.76. The second kappa shape index (κ2) is 9.07. The van der Waals surface area contributed by atoms with Gasteiger partial charge in [0.1, 0.15) is 0 Å². The predicted octanol–water partition coefficient (Wildman–Crippen LogP) is 3.16. The maximum absolute atomic E-state index is 14.8. The first kappa shape index (κ1) is 22.5. The fraction of sp³-hybridized carbons (Fsp3) is 0.348. The predicted molar refractivity (Wildman–Crippen MR) is 123 cm³/mol. The monoisotopic (exact) mass is 451 g/mol. The number of aliphatic hydroxyl groups excluding tert-OH is 1. The number of pyridine rings is 2. The smallest absolute Gasteiger partial charge is 0.256 e. The molecule has 4 aromatic heterocycles. The van der Waals surface area contributed by atoms with Crippen molar-refractivity contribution in [3.8, 4) is 11.1 Å². The fourth-order valence-electron chi connectivity index (χ4n) is 3.60. The summed E-state index contributed by atoms with van der Waals surface area (Å²) in [6.07, 6.45) is 8.54. The Morgan fingerprint density at radius 3 is 2.73 bits per heavy atom. The largest absolute Gasteiger partial charge is 0.394 e. The quantitative estimate of drug-likeness (QED) is 0.435. The van der Waals surface area contributed by atoms with Gasteiger partial charge in [0.15, 0.2) is 17.3 Å². The number of hydrogen-bond acceptors (Lipinski definition) is 6. The van der Waals surface area contributed by atoms with Gasteiger partial charge in [-0.15, -0.1) is 10.2 Å². The van der Waals surface area contributed by atoms with Gasteiger partial charge in [-0.3, -0.25) is 18.9 Å². The topological polar surface area (TPSA) is 103 Å². The van der Waals surface area contributed by atoms with Crippen LogP contribution in [0.15, 0.2) is 46.7 Å². The molecule has 33 heavy (non-hydrogen) atoms. The van der Waals surface area contributed by atoms with E-state index in [1.807, 2.05) is 20.8 Å². The summed E-state index contributed by atoms with van der Waals surface area (Å²) in [6, 6.07) is 2.66. The Morgan fingerprint density at radius 1 is 1.21 bits per heavy atom. The first-order valence-corrected chi connectivity index (χ1v) is 10.7. The van der Waals surface area contributed by atoms with Crippen LogP contribution < -0.4 is 5.56 Å². The molecular weight excluding hydrogens is 425 g/mol. The molecule has 0 aliphatic carbocycles. The van der Waals surface area contributed by atoms with Gasteiger partial charge in [0.2, 0.25) is 0 Å². The highest BCUT2D eigenvalue weighted by atomic mass is 19.1. The van der Waals surface area contributed by atoms with E-state index in [4.69, 9.17) is 5.11 Å². The van der Waals surface area contributed by atoms with Crippen molar-refractivity contribution in [3.63, 3.8) is 0 Å². The molecule has 0 unspecified atom stereocenters. The van der Waals surface area contributed by atoms with E-state index in [1.54, 1.807) is 57.6 Å². The van der Waals surface area contributed by atoms with Gasteiger partial charge >= 0.3 is 0 Å². The zero-order chi connectivity index (χ0) is 23.7. The molecule has 0 amide bonds. The molecule has 0 aromatic carbocycles. The van der Waals surface area contributed by atoms with Crippen LogP contribution in [0.1, 0.15) is 38.2 Å². The van der Waals surface area contributed by atoms with E-state index in [2.05, 4.69) is 20.3 Å². The normalized spacial score (nSPS) is 12.9. The molecule has 0 radical (unpaired) electrons. The van der Waals surface area contributed by atoms with Crippen molar-refractivity contribution in [1.29, 1.82) is 0 Å². The van der Waals surface area contributed by atoms with E-state index in [-0.39, 0.29) is 23.7 Å². The minimum atomic E-state index is -0.532. The van der Waals surface area contributed by atoms with Crippen LogP contribution in [0.4, 0.5) is 10.1 Å². The molecule has 0 spiro atoms. The van der Waals surface area contributed by atoms with Crippen molar-refractivity contribution in [2.75, 3.05) is 6.61 Å². The van der Waals surface area contributed by atoms with E-state index >= 15 is 0 Å². The van der Waals surface area contributed by atoms with E-state index in [0.29, 0.717) is 34.7 Å². The third-order valence-electron chi connectivity index (χ3n) is 5.42. The van der Waals surface area contributed by atoms with Crippen molar-refractivity contribution >= 4 is 17.5 Å². The molecule has 0 bridgehead atoms. The second-order valence-electron chi connectivity index (χ2n) is 8.28. The molecular formula is C23H26FN7O2. The summed E-state index contributed by atoms with van der Waals surface area (Å²) in [5.74, 6) is 0.164. The van der Waals surface area contributed by atoms with Crippen molar-refractivity contribution in [2.24, 2.45) is 10.9 Å². The van der Waals surface area contributed by atoms with Crippen LogP contribution in [-0.4, -0.2) is 46.9 Å². The van der Waals surface area contributed by atoms with Gasteiger partial charge in [-0.25, -0.2) is 4.39 Å². The number of aliphatic hydroxyl groups is 1. The minimum absolute atomic E-state index is 0.0443. The first-order valence-electron chi connectivity index (χ1n) is 10.7. The molecule has 10 heteroatoms. The molecule has 0 saturated carbocycles. The standard InChI is InChI=1S/C23H26FN7O2/c1-14(2)10-25-20-5-6-30(23(33)15(20)3)16(4)21-27-28-22-19(24)9-17(13-31(21)22)18-11-26-29(12-18)7-8-32/h5-6,9-14,16,32H,7-8H2,1-4H3/b25-10-/t16-/m1/s1. The Bertz CT molecular complexity index is 1380. The van der Waals surface area contributed by atoms with Gasteiger partial charge in [-0.1, -0.05) is 13.8 Å². The van der Waals surface area contributed by atoms with Crippen LogP contribution in [0.3, 0.4) is 0 Å². The second-order valence-corrected chi connectivity index (χ2v) is 8.28. The number of halogens is 1. The highest BCUT2D eigenvalue weighted by Crippen LogP contribution is 2.25. The fourth-order valence-corrected chi connectivity index (χ4v) is 3.60.